The molecule has 0 aromatic heterocycles. The lowest BCUT2D eigenvalue weighted by Crippen LogP contribution is -2.49. The molecule has 1 saturated heterocycles. The van der Waals surface area contributed by atoms with E-state index in [2.05, 4.69) is 17.1 Å². The van der Waals surface area contributed by atoms with Gasteiger partial charge in [0.05, 0.1) is 0 Å². The van der Waals surface area contributed by atoms with Crippen molar-refractivity contribution < 1.29 is 4.79 Å². The summed E-state index contributed by atoms with van der Waals surface area (Å²) >= 11 is 0. The minimum atomic E-state index is -0.161. The molecule has 0 aromatic carbocycles. The molecule has 0 bridgehead atoms. The van der Waals surface area contributed by atoms with Crippen LogP contribution in [0.2, 0.25) is 0 Å². The second-order valence-electron chi connectivity index (χ2n) is 6.63. The number of likely N-dealkylation sites (tertiary alicyclic amines) is 1. The average molecular weight is 255 g/mol. The molecule has 3 N–H and O–H groups in total. The zero-order chi connectivity index (χ0) is 13.8. The quantitative estimate of drug-likeness (QED) is 0.797. The third-order valence-electron chi connectivity index (χ3n) is 3.41. The first-order valence-corrected chi connectivity index (χ1v) is 7.07. The van der Waals surface area contributed by atoms with E-state index >= 15 is 0 Å². The Labute approximate surface area is 111 Å². The Hall–Kier alpha value is -0.610. The van der Waals surface area contributed by atoms with E-state index in [-0.39, 0.29) is 17.5 Å². The molecule has 2 atom stereocenters. The second-order valence-corrected chi connectivity index (χ2v) is 6.63. The third kappa shape index (κ3) is 5.36. The first-order valence-electron chi connectivity index (χ1n) is 7.07. The highest BCUT2D eigenvalue weighted by Gasteiger charge is 2.25. The maximum atomic E-state index is 12.0. The van der Waals surface area contributed by atoms with Gasteiger partial charge in [0.25, 0.3) is 0 Å². The van der Waals surface area contributed by atoms with Crippen LogP contribution in [0.15, 0.2) is 0 Å². The molecule has 1 heterocycles. The van der Waals surface area contributed by atoms with Crippen molar-refractivity contribution in [2.24, 2.45) is 11.7 Å². The number of carbonyl (C=O) groups excluding carboxylic acids is 1. The summed E-state index contributed by atoms with van der Waals surface area (Å²) in [6.07, 6.45) is 3.03. The van der Waals surface area contributed by atoms with Gasteiger partial charge in [0.15, 0.2) is 0 Å². The second kappa shape index (κ2) is 6.53. The molecule has 2 unspecified atom stereocenters. The van der Waals surface area contributed by atoms with Crippen LogP contribution >= 0.6 is 0 Å². The van der Waals surface area contributed by atoms with Crippen molar-refractivity contribution in [1.82, 2.24) is 10.2 Å². The van der Waals surface area contributed by atoms with Gasteiger partial charge >= 0.3 is 0 Å². The Morgan fingerprint density at radius 2 is 2.17 bits per heavy atom. The van der Waals surface area contributed by atoms with Crippen molar-refractivity contribution in [3.8, 4) is 0 Å². The van der Waals surface area contributed by atoms with Crippen molar-refractivity contribution in [3.63, 3.8) is 0 Å². The van der Waals surface area contributed by atoms with Crippen LogP contribution in [-0.2, 0) is 4.79 Å². The number of hydrogen-bond acceptors (Lipinski definition) is 3. The predicted octanol–water partition coefficient (Wildman–Crippen LogP) is 1.35. The highest BCUT2D eigenvalue weighted by molar-refractivity contribution is 5.77. The maximum Gasteiger partial charge on any atom is 0.222 e. The Kier molecular flexibility index (Phi) is 5.60. The Morgan fingerprint density at radius 3 is 2.67 bits per heavy atom. The summed E-state index contributed by atoms with van der Waals surface area (Å²) < 4.78 is 0. The van der Waals surface area contributed by atoms with Gasteiger partial charge in [-0.15, -0.1) is 0 Å². The minimum absolute atomic E-state index is 0.108. The van der Waals surface area contributed by atoms with Crippen molar-refractivity contribution in [2.75, 3.05) is 19.6 Å². The molecular formula is C14H29N3O. The van der Waals surface area contributed by atoms with Crippen LogP contribution in [0.3, 0.4) is 0 Å². The normalized spacial score (nSPS) is 23.7. The number of nitrogens with one attached hydrogen (secondary N) is 1. The number of piperidine rings is 1. The van der Waals surface area contributed by atoms with Crippen LogP contribution in [0, 0.1) is 5.92 Å². The summed E-state index contributed by atoms with van der Waals surface area (Å²) in [4.78, 5) is 14.3. The van der Waals surface area contributed by atoms with E-state index in [0.717, 1.165) is 19.0 Å². The molecule has 18 heavy (non-hydrogen) atoms. The van der Waals surface area contributed by atoms with E-state index in [9.17, 15) is 4.79 Å². The van der Waals surface area contributed by atoms with E-state index in [1.807, 2.05) is 20.8 Å². The molecule has 106 valence electrons. The molecule has 0 spiro atoms. The molecule has 4 heteroatoms. The van der Waals surface area contributed by atoms with Crippen LogP contribution in [0.4, 0.5) is 0 Å². The van der Waals surface area contributed by atoms with Crippen LogP contribution < -0.4 is 11.1 Å². The van der Waals surface area contributed by atoms with Gasteiger partial charge in [0, 0.05) is 31.1 Å². The molecule has 0 radical (unpaired) electrons. The fraction of sp³-hybridized carbons (Fsp3) is 0.929. The number of rotatable bonds is 4. The summed E-state index contributed by atoms with van der Waals surface area (Å²) in [5.74, 6) is 0.828. The summed E-state index contributed by atoms with van der Waals surface area (Å²) in [7, 11) is 0. The predicted molar refractivity (Wildman–Crippen MR) is 75.3 cm³/mol. The lowest BCUT2D eigenvalue weighted by atomic mass is 9.97. The van der Waals surface area contributed by atoms with Crippen LogP contribution in [-0.4, -0.2) is 42.0 Å². The molecule has 1 fully saturated rings. The van der Waals surface area contributed by atoms with Crippen LogP contribution in [0.1, 0.15) is 47.0 Å². The van der Waals surface area contributed by atoms with E-state index < -0.39 is 0 Å². The molecular weight excluding hydrogens is 226 g/mol. The topological polar surface area (TPSA) is 58.4 Å². The van der Waals surface area contributed by atoms with Gasteiger partial charge in [0.1, 0.15) is 0 Å². The Morgan fingerprint density at radius 1 is 1.50 bits per heavy atom. The molecule has 0 saturated carbocycles. The largest absolute Gasteiger partial charge is 0.351 e. The van der Waals surface area contributed by atoms with Crippen LogP contribution in [0.5, 0.6) is 0 Å². The molecule has 1 amide bonds. The van der Waals surface area contributed by atoms with E-state index in [1.165, 1.54) is 12.8 Å². The lowest BCUT2D eigenvalue weighted by molar-refractivity contribution is -0.123. The molecule has 1 rings (SSSR count). The Balaban J connectivity index is 2.48. The summed E-state index contributed by atoms with van der Waals surface area (Å²) in [5.41, 5.74) is 5.68. The van der Waals surface area contributed by atoms with E-state index in [4.69, 9.17) is 5.73 Å². The molecule has 0 aliphatic carbocycles. The fourth-order valence-electron chi connectivity index (χ4n) is 2.60. The first-order chi connectivity index (χ1) is 8.31. The number of nitrogens with zero attached hydrogens (tertiary/aromatic N) is 1. The SMILES string of the molecule is CC1CCCN(C(CN)CC(=O)NC(C)(C)C)C1. The summed E-state index contributed by atoms with van der Waals surface area (Å²) in [5, 5.41) is 3.01. The number of carbonyl (C=O) groups is 1. The van der Waals surface area contributed by atoms with Gasteiger partial charge in [0.2, 0.25) is 5.91 Å². The molecule has 1 aliphatic heterocycles. The lowest BCUT2D eigenvalue weighted by Gasteiger charge is -2.37. The van der Waals surface area contributed by atoms with Gasteiger partial charge in [-0.25, -0.2) is 0 Å². The molecule has 1 aliphatic rings. The number of nitrogens with two attached hydrogens (primary N) is 1. The van der Waals surface area contributed by atoms with E-state index in [0.29, 0.717) is 13.0 Å². The van der Waals surface area contributed by atoms with Crippen molar-refractivity contribution in [1.29, 1.82) is 0 Å². The smallest absolute Gasteiger partial charge is 0.222 e. The summed E-state index contributed by atoms with van der Waals surface area (Å²) in [6.45, 7) is 11.0. The van der Waals surface area contributed by atoms with E-state index in [1.54, 1.807) is 0 Å². The standard InChI is InChI=1S/C14H29N3O/c1-11-6-5-7-17(10-11)12(9-15)8-13(18)16-14(2,3)4/h11-12H,5-10,15H2,1-4H3,(H,16,18). The first kappa shape index (κ1) is 15.4. The number of amides is 1. The molecule has 4 nitrogen and oxygen atoms in total. The maximum absolute atomic E-state index is 12.0. The zero-order valence-electron chi connectivity index (χ0n) is 12.3. The van der Waals surface area contributed by atoms with Crippen molar-refractivity contribution in [2.45, 2.75) is 58.5 Å². The number of hydrogen-bond donors (Lipinski definition) is 2. The minimum Gasteiger partial charge on any atom is -0.351 e. The average Bonchev–Trinajstić information content (AvgIpc) is 2.23. The fourth-order valence-corrected chi connectivity index (χ4v) is 2.60. The van der Waals surface area contributed by atoms with Gasteiger partial charge < -0.3 is 11.1 Å². The van der Waals surface area contributed by atoms with Crippen LogP contribution in [0.25, 0.3) is 0 Å². The summed E-state index contributed by atoms with van der Waals surface area (Å²) in [6, 6.07) is 0.190. The van der Waals surface area contributed by atoms with Gasteiger partial charge in [-0.3, -0.25) is 9.69 Å². The van der Waals surface area contributed by atoms with Gasteiger partial charge in [-0.1, -0.05) is 6.92 Å². The highest BCUT2D eigenvalue weighted by atomic mass is 16.1. The highest BCUT2D eigenvalue weighted by Crippen LogP contribution is 2.18. The third-order valence-corrected chi connectivity index (χ3v) is 3.41. The van der Waals surface area contributed by atoms with Gasteiger partial charge in [-0.05, 0) is 46.1 Å². The monoisotopic (exact) mass is 255 g/mol. The zero-order valence-corrected chi connectivity index (χ0v) is 12.3. The van der Waals surface area contributed by atoms with Gasteiger partial charge in [-0.2, -0.15) is 0 Å². The Bertz CT molecular complexity index is 273. The molecule has 0 aromatic rings. The van der Waals surface area contributed by atoms with Crippen molar-refractivity contribution in [3.05, 3.63) is 0 Å². The van der Waals surface area contributed by atoms with Crippen molar-refractivity contribution >= 4 is 5.91 Å².